The van der Waals surface area contributed by atoms with Crippen molar-refractivity contribution in [2.24, 2.45) is 0 Å². The number of carbonyl (C=O) groups excluding carboxylic acids is 1. The molecule has 0 spiro atoms. The summed E-state index contributed by atoms with van der Waals surface area (Å²) in [4.78, 5) is 11.3. The van der Waals surface area contributed by atoms with Crippen molar-refractivity contribution in [1.82, 2.24) is 5.32 Å². The second-order valence-electron chi connectivity index (χ2n) is 6.58. The molecule has 11 heteroatoms. The Morgan fingerprint density at radius 1 is 1.23 bits per heavy atom. The van der Waals surface area contributed by atoms with Crippen molar-refractivity contribution in [3.63, 3.8) is 0 Å². The highest BCUT2D eigenvalue weighted by molar-refractivity contribution is 5.73. The van der Waals surface area contributed by atoms with Gasteiger partial charge in [0.1, 0.15) is 24.4 Å². The molecule has 152 valence electrons. The SMILES string of the molecule is CO[C@@H]1O[C@H](CO[C@H]2C[C@H](O)[C@H](O)[C@H](C)O2)[C@@H](O)[C@H](O)[C@]1(O)NC(C)=O. The van der Waals surface area contributed by atoms with E-state index < -0.39 is 60.8 Å². The van der Waals surface area contributed by atoms with E-state index >= 15 is 0 Å². The molecular weight excluding hydrogens is 354 g/mol. The van der Waals surface area contributed by atoms with Crippen molar-refractivity contribution in [3.8, 4) is 0 Å². The Morgan fingerprint density at radius 3 is 2.42 bits per heavy atom. The lowest BCUT2D eigenvalue weighted by Crippen LogP contribution is -2.73. The van der Waals surface area contributed by atoms with Crippen LogP contribution < -0.4 is 5.32 Å². The van der Waals surface area contributed by atoms with E-state index in [4.69, 9.17) is 18.9 Å². The van der Waals surface area contributed by atoms with Gasteiger partial charge in [-0.15, -0.1) is 0 Å². The molecule has 0 unspecified atom stereocenters. The fourth-order valence-electron chi connectivity index (χ4n) is 3.07. The van der Waals surface area contributed by atoms with E-state index in [1.807, 2.05) is 0 Å². The van der Waals surface area contributed by atoms with Crippen LogP contribution in [0.15, 0.2) is 0 Å². The molecule has 9 atom stereocenters. The number of nitrogens with one attached hydrogen (secondary N) is 1. The lowest BCUT2D eigenvalue weighted by Gasteiger charge is -2.47. The van der Waals surface area contributed by atoms with Gasteiger partial charge in [-0.1, -0.05) is 0 Å². The monoisotopic (exact) mass is 381 g/mol. The maximum absolute atomic E-state index is 11.3. The van der Waals surface area contributed by atoms with Gasteiger partial charge in [-0.05, 0) is 6.92 Å². The van der Waals surface area contributed by atoms with Gasteiger partial charge < -0.3 is 49.8 Å². The quantitative estimate of drug-likeness (QED) is 0.267. The second-order valence-corrected chi connectivity index (χ2v) is 6.58. The Bertz CT molecular complexity index is 477. The van der Waals surface area contributed by atoms with Crippen LogP contribution in [-0.4, -0.2) is 100 Å². The summed E-state index contributed by atoms with van der Waals surface area (Å²) >= 11 is 0. The molecule has 11 nitrogen and oxygen atoms in total. The molecule has 1 amide bonds. The van der Waals surface area contributed by atoms with Gasteiger partial charge in [-0.25, -0.2) is 0 Å². The number of aliphatic hydroxyl groups excluding tert-OH is 4. The molecule has 0 radical (unpaired) electrons. The van der Waals surface area contributed by atoms with E-state index in [0.29, 0.717) is 0 Å². The van der Waals surface area contributed by atoms with Gasteiger partial charge in [0.05, 0.1) is 18.8 Å². The Labute approximate surface area is 150 Å². The molecule has 2 fully saturated rings. The third-order valence-electron chi connectivity index (χ3n) is 4.53. The summed E-state index contributed by atoms with van der Waals surface area (Å²) in [6, 6.07) is 0. The van der Waals surface area contributed by atoms with Crippen LogP contribution >= 0.6 is 0 Å². The lowest BCUT2D eigenvalue weighted by molar-refractivity contribution is -0.349. The Morgan fingerprint density at radius 2 is 1.88 bits per heavy atom. The zero-order valence-corrected chi connectivity index (χ0v) is 14.8. The number of amides is 1. The van der Waals surface area contributed by atoms with Gasteiger partial charge in [0.25, 0.3) is 0 Å². The lowest BCUT2D eigenvalue weighted by atomic mass is 9.93. The van der Waals surface area contributed by atoms with Crippen molar-refractivity contribution in [1.29, 1.82) is 0 Å². The van der Waals surface area contributed by atoms with Crippen LogP contribution in [-0.2, 0) is 23.7 Å². The molecule has 0 aliphatic carbocycles. The first kappa shape index (κ1) is 21.4. The zero-order chi connectivity index (χ0) is 19.6. The van der Waals surface area contributed by atoms with Crippen molar-refractivity contribution in [2.45, 2.75) is 75.2 Å². The first-order valence-corrected chi connectivity index (χ1v) is 8.28. The molecule has 0 saturated carbocycles. The van der Waals surface area contributed by atoms with Crippen LogP contribution in [0.1, 0.15) is 20.3 Å². The molecule has 0 bridgehead atoms. The van der Waals surface area contributed by atoms with Gasteiger partial charge in [-0.3, -0.25) is 4.79 Å². The van der Waals surface area contributed by atoms with Crippen molar-refractivity contribution in [3.05, 3.63) is 0 Å². The number of ether oxygens (including phenoxy) is 4. The summed E-state index contributed by atoms with van der Waals surface area (Å²) in [7, 11) is 1.20. The van der Waals surface area contributed by atoms with Gasteiger partial charge in [0, 0.05) is 20.5 Å². The van der Waals surface area contributed by atoms with Crippen LogP contribution in [0.4, 0.5) is 0 Å². The van der Waals surface area contributed by atoms with E-state index in [1.165, 1.54) is 7.11 Å². The number of hydrogen-bond donors (Lipinski definition) is 6. The maximum Gasteiger partial charge on any atom is 0.219 e. The summed E-state index contributed by atoms with van der Waals surface area (Å²) in [5.74, 6) is -0.656. The smallest absolute Gasteiger partial charge is 0.219 e. The average molecular weight is 381 g/mol. The predicted molar refractivity (Wildman–Crippen MR) is 83.4 cm³/mol. The fraction of sp³-hybridized carbons (Fsp3) is 0.933. The molecule has 6 N–H and O–H groups in total. The summed E-state index contributed by atoms with van der Waals surface area (Å²) in [6.07, 6.45) is -9.52. The highest BCUT2D eigenvalue weighted by atomic mass is 16.7. The molecular formula is C15H27NO10. The van der Waals surface area contributed by atoms with Gasteiger partial charge in [-0.2, -0.15) is 0 Å². The third kappa shape index (κ3) is 4.32. The number of carbonyl (C=O) groups is 1. The van der Waals surface area contributed by atoms with Crippen molar-refractivity contribution in [2.75, 3.05) is 13.7 Å². The summed E-state index contributed by atoms with van der Waals surface area (Å²) in [5, 5.41) is 52.4. The van der Waals surface area contributed by atoms with Gasteiger partial charge in [0.2, 0.25) is 17.9 Å². The zero-order valence-electron chi connectivity index (χ0n) is 14.8. The first-order valence-electron chi connectivity index (χ1n) is 8.28. The van der Waals surface area contributed by atoms with E-state index in [0.717, 1.165) is 6.92 Å². The topological polar surface area (TPSA) is 167 Å². The minimum atomic E-state index is -2.34. The fourth-order valence-corrected chi connectivity index (χ4v) is 3.07. The largest absolute Gasteiger partial charge is 0.390 e. The maximum atomic E-state index is 11.3. The van der Waals surface area contributed by atoms with Gasteiger partial charge in [0.15, 0.2) is 6.29 Å². The van der Waals surface area contributed by atoms with E-state index in [1.54, 1.807) is 6.92 Å². The van der Waals surface area contributed by atoms with E-state index in [2.05, 4.69) is 5.32 Å². The van der Waals surface area contributed by atoms with Crippen LogP contribution in [0.5, 0.6) is 0 Å². The number of hydrogen-bond acceptors (Lipinski definition) is 10. The van der Waals surface area contributed by atoms with E-state index in [9.17, 15) is 30.3 Å². The first-order chi connectivity index (χ1) is 12.1. The minimum Gasteiger partial charge on any atom is -0.390 e. The highest BCUT2D eigenvalue weighted by Gasteiger charge is 2.56. The Kier molecular flexibility index (Phi) is 6.93. The number of methoxy groups -OCH3 is 1. The molecule has 2 aliphatic rings. The average Bonchev–Trinajstić information content (AvgIpc) is 2.56. The number of aliphatic hydroxyl groups is 5. The second kappa shape index (κ2) is 8.42. The molecule has 2 saturated heterocycles. The molecule has 0 aromatic heterocycles. The summed E-state index contributed by atoms with van der Waals surface area (Å²) in [6.45, 7) is 2.45. The molecule has 2 rings (SSSR count). The van der Waals surface area contributed by atoms with Crippen LogP contribution in [0, 0.1) is 0 Å². The standard InChI is InChI=1S/C15H27NO10/c1-6-11(19)8(18)4-10(25-6)24-5-9-12(20)13(21)15(22,16-7(2)17)14(23-3)26-9/h6,8-14,18-22H,4-5H2,1-3H3,(H,16,17)/t6-,8-,9+,10+,11+,12+,13-,14+,15+/m0/s1. The predicted octanol–water partition coefficient (Wildman–Crippen LogP) is -3.22. The van der Waals surface area contributed by atoms with Crippen LogP contribution in [0.25, 0.3) is 0 Å². The van der Waals surface area contributed by atoms with E-state index in [-0.39, 0.29) is 13.0 Å². The minimum absolute atomic E-state index is 0.0143. The summed E-state index contributed by atoms with van der Waals surface area (Å²) < 4.78 is 21.2. The number of rotatable bonds is 5. The molecule has 2 aliphatic heterocycles. The molecule has 0 aromatic rings. The third-order valence-corrected chi connectivity index (χ3v) is 4.53. The Balaban J connectivity index is 2.00. The summed E-state index contributed by atoms with van der Waals surface area (Å²) in [5.41, 5.74) is -2.34. The van der Waals surface area contributed by atoms with Crippen LogP contribution in [0.2, 0.25) is 0 Å². The normalized spacial score (nSPS) is 46.8. The molecule has 0 aromatic carbocycles. The van der Waals surface area contributed by atoms with Crippen molar-refractivity contribution >= 4 is 5.91 Å². The molecule has 26 heavy (non-hydrogen) atoms. The highest BCUT2D eigenvalue weighted by Crippen LogP contribution is 2.30. The van der Waals surface area contributed by atoms with Crippen molar-refractivity contribution < 1.29 is 49.3 Å². The molecule has 2 heterocycles. The van der Waals surface area contributed by atoms with Gasteiger partial charge >= 0.3 is 0 Å². The van der Waals surface area contributed by atoms with Crippen LogP contribution in [0.3, 0.4) is 0 Å². The Hall–Kier alpha value is -0.890.